The number of carboxylic acids is 1. The van der Waals surface area contributed by atoms with Crippen LogP contribution in [-0.4, -0.2) is 139 Å². The Bertz CT molecular complexity index is 1850. The fraction of sp³-hybridized carbons (Fsp3) is 0.647. The van der Waals surface area contributed by atoms with Crippen LogP contribution in [0.1, 0.15) is 111 Å². The summed E-state index contributed by atoms with van der Waals surface area (Å²) >= 11 is 0. The fourth-order valence-electron chi connectivity index (χ4n) is 9.35. The minimum Gasteiger partial charge on any atom is -0.481 e. The Hall–Kier alpha value is -4.86. The summed E-state index contributed by atoms with van der Waals surface area (Å²) in [7, 11) is 6.53. The van der Waals surface area contributed by atoms with Crippen molar-refractivity contribution >= 4 is 35.6 Å². The molecule has 0 radical (unpaired) electrons. The van der Waals surface area contributed by atoms with E-state index in [4.69, 9.17) is 19.3 Å². The van der Waals surface area contributed by atoms with Crippen molar-refractivity contribution in [1.29, 1.82) is 0 Å². The average Bonchev–Trinajstić information content (AvgIpc) is 3.78. The molecule has 0 saturated carbocycles. The summed E-state index contributed by atoms with van der Waals surface area (Å²) in [5.74, 6) is -4.37. The van der Waals surface area contributed by atoms with Gasteiger partial charge in [-0.25, -0.2) is 4.79 Å². The lowest BCUT2D eigenvalue weighted by Crippen LogP contribution is -2.60. The highest BCUT2D eigenvalue weighted by Crippen LogP contribution is 2.30. The number of carbonyl (C=O) groups excluding carboxylic acids is 5. The van der Waals surface area contributed by atoms with Gasteiger partial charge in [-0.1, -0.05) is 122 Å². The van der Waals surface area contributed by atoms with Crippen LogP contribution in [0.15, 0.2) is 60.7 Å². The Morgan fingerprint density at radius 2 is 1.42 bits per heavy atom. The maximum Gasteiger partial charge on any atom is 0.329 e. The predicted octanol–water partition coefficient (Wildman–Crippen LogP) is 5.90. The van der Waals surface area contributed by atoms with Crippen molar-refractivity contribution in [2.75, 3.05) is 41.4 Å². The number of methoxy groups -OCH3 is 2. The summed E-state index contributed by atoms with van der Waals surface area (Å²) in [6.45, 7) is 16.1. The Kier molecular flexibility index (Phi) is 22.8. The molecule has 4 amide bonds. The molecule has 1 heterocycles. The van der Waals surface area contributed by atoms with Gasteiger partial charge in [-0.2, -0.15) is 0 Å². The first-order valence-electron chi connectivity index (χ1n) is 23.7. The number of ether oxygens (including phenoxy) is 3. The third-order valence-corrected chi connectivity index (χ3v) is 13.4. The number of amides is 4. The maximum absolute atomic E-state index is 14.5. The van der Waals surface area contributed by atoms with E-state index in [0.29, 0.717) is 38.8 Å². The van der Waals surface area contributed by atoms with Crippen LogP contribution in [0.4, 0.5) is 0 Å². The molecule has 10 atom stereocenters. The first kappa shape index (κ1) is 55.5. The summed E-state index contributed by atoms with van der Waals surface area (Å²) in [6.07, 6.45) is 0.874. The van der Waals surface area contributed by atoms with Crippen LogP contribution in [0.5, 0.6) is 0 Å². The third-order valence-electron chi connectivity index (χ3n) is 13.4. The number of nitrogens with zero attached hydrogens (tertiary/aromatic N) is 3. The zero-order chi connectivity index (χ0) is 49.2. The molecule has 368 valence electrons. The van der Waals surface area contributed by atoms with Gasteiger partial charge in [-0.15, -0.1) is 0 Å². The number of carboxylic acid groups (broad SMARTS) is 1. The Balaban J connectivity index is 1.81. The van der Waals surface area contributed by atoms with Crippen LogP contribution in [0, 0.1) is 23.7 Å². The second-order valence-corrected chi connectivity index (χ2v) is 18.8. The van der Waals surface area contributed by atoms with Crippen LogP contribution in [-0.2, 0) is 49.6 Å². The molecule has 1 aliphatic rings. The molecule has 2 aromatic rings. The van der Waals surface area contributed by atoms with Crippen molar-refractivity contribution in [3.63, 3.8) is 0 Å². The highest BCUT2D eigenvalue weighted by atomic mass is 16.5. The van der Waals surface area contributed by atoms with Crippen molar-refractivity contribution in [2.45, 2.75) is 149 Å². The molecule has 3 rings (SSSR count). The van der Waals surface area contributed by atoms with Gasteiger partial charge in [0.15, 0.2) is 0 Å². The molecule has 66 heavy (non-hydrogen) atoms. The van der Waals surface area contributed by atoms with Gasteiger partial charge >= 0.3 is 11.9 Å². The number of hydrogen-bond acceptors (Lipinski definition) is 10. The Morgan fingerprint density at radius 1 is 0.818 bits per heavy atom. The third kappa shape index (κ3) is 15.3. The topological polar surface area (TPSA) is 184 Å². The molecular weight excluding hydrogens is 843 g/mol. The van der Waals surface area contributed by atoms with Gasteiger partial charge in [-0.05, 0) is 61.7 Å². The standard InChI is InChI=1S/C51H79N5O10/c1-13-34(6)46(55(10)50(62)43(32(2)3)52-49(61)45(33(4)5)54(9)28-21-27-42(58)59)40(64-11)30-41(57)56-29-20-26-39(56)47(65-12)36(8)48(60)53-44(35(7)38-24-18-15-19-25-38)51(63)66-31-37-22-16-14-17-23-37/h14-19,22-25,32-36,39-40,43-47H,13,20-21,26-31H2,1-12H3,(H,52,61)(H,53,60)(H,58,59)/t34-,35-,36+,39-,40+,43-,44-,45-,46-,47+/m0/s1. The van der Waals surface area contributed by atoms with E-state index in [1.807, 2.05) is 114 Å². The van der Waals surface area contributed by atoms with Crippen LogP contribution >= 0.6 is 0 Å². The number of nitrogens with one attached hydrogen (secondary N) is 2. The Morgan fingerprint density at radius 3 is 1.97 bits per heavy atom. The minimum absolute atomic E-state index is 0.0125. The zero-order valence-electron chi connectivity index (χ0n) is 41.5. The first-order chi connectivity index (χ1) is 31.3. The summed E-state index contributed by atoms with van der Waals surface area (Å²) in [5.41, 5.74) is 1.68. The number of likely N-dealkylation sites (tertiary alicyclic amines) is 1. The number of hydrogen-bond donors (Lipinski definition) is 3. The van der Waals surface area contributed by atoms with Crippen LogP contribution in [0.25, 0.3) is 0 Å². The van der Waals surface area contributed by atoms with Gasteiger partial charge in [-0.3, -0.25) is 28.9 Å². The maximum atomic E-state index is 14.5. The number of rotatable bonds is 27. The van der Waals surface area contributed by atoms with Crippen molar-refractivity contribution < 1.29 is 48.1 Å². The van der Waals surface area contributed by atoms with E-state index in [-0.39, 0.29) is 54.9 Å². The number of carbonyl (C=O) groups is 6. The highest BCUT2D eigenvalue weighted by molar-refractivity contribution is 5.90. The van der Waals surface area contributed by atoms with E-state index in [0.717, 1.165) is 11.1 Å². The zero-order valence-corrected chi connectivity index (χ0v) is 41.5. The molecule has 1 saturated heterocycles. The lowest BCUT2D eigenvalue weighted by molar-refractivity contribution is -0.151. The predicted molar refractivity (Wildman–Crippen MR) is 254 cm³/mol. The van der Waals surface area contributed by atoms with Crippen molar-refractivity contribution in [3.8, 4) is 0 Å². The van der Waals surface area contributed by atoms with E-state index in [2.05, 4.69) is 10.6 Å². The molecule has 3 N–H and O–H groups in total. The van der Waals surface area contributed by atoms with E-state index < -0.39 is 72.1 Å². The number of benzene rings is 2. The molecule has 0 aliphatic carbocycles. The summed E-state index contributed by atoms with van der Waals surface area (Å²) in [6, 6.07) is 15.3. The number of likely N-dealkylation sites (N-methyl/N-ethyl adjacent to an activating group) is 2. The van der Waals surface area contributed by atoms with E-state index in [1.54, 1.807) is 30.8 Å². The molecule has 0 bridgehead atoms. The monoisotopic (exact) mass is 922 g/mol. The molecule has 2 aromatic carbocycles. The smallest absolute Gasteiger partial charge is 0.329 e. The molecular formula is C51H79N5O10. The fourth-order valence-corrected chi connectivity index (χ4v) is 9.35. The van der Waals surface area contributed by atoms with Crippen LogP contribution in [0.3, 0.4) is 0 Å². The highest BCUT2D eigenvalue weighted by Gasteiger charge is 2.44. The van der Waals surface area contributed by atoms with Crippen molar-refractivity contribution in [3.05, 3.63) is 71.8 Å². The number of aliphatic carboxylic acids is 1. The molecule has 1 aliphatic heterocycles. The average molecular weight is 922 g/mol. The minimum atomic E-state index is -0.999. The van der Waals surface area contributed by atoms with Crippen molar-refractivity contribution in [1.82, 2.24) is 25.3 Å². The normalized spacial score (nSPS) is 18.1. The molecule has 1 fully saturated rings. The van der Waals surface area contributed by atoms with Crippen molar-refractivity contribution in [2.24, 2.45) is 23.7 Å². The van der Waals surface area contributed by atoms with Gasteiger partial charge in [0.2, 0.25) is 23.6 Å². The van der Waals surface area contributed by atoms with Gasteiger partial charge in [0.1, 0.15) is 18.7 Å². The van der Waals surface area contributed by atoms with Crippen LogP contribution in [0.2, 0.25) is 0 Å². The largest absolute Gasteiger partial charge is 0.481 e. The van der Waals surface area contributed by atoms with Gasteiger partial charge in [0, 0.05) is 40.2 Å². The van der Waals surface area contributed by atoms with E-state index in [9.17, 15) is 28.8 Å². The summed E-state index contributed by atoms with van der Waals surface area (Å²) in [4.78, 5) is 87.1. The number of esters is 1. The quantitative estimate of drug-likeness (QED) is 0.0908. The molecule has 0 aromatic heterocycles. The first-order valence-corrected chi connectivity index (χ1v) is 23.7. The van der Waals surface area contributed by atoms with Gasteiger partial charge < -0.3 is 39.8 Å². The molecule has 15 nitrogen and oxygen atoms in total. The van der Waals surface area contributed by atoms with Gasteiger partial charge in [0.25, 0.3) is 0 Å². The molecule has 15 heteroatoms. The lowest BCUT2D eigenvalue weighted by atomic mass is 9.89. The Labute approximate surface area is 393 Å². The lowest BCUT2D eigenvalue weighted by Gasteiger charge is -2.41. The van der Waals surface area contributed by atoms with Crippen LogP contribution < -0.4 is 10.6 Å². The van der Waals surface area contributed by atoms with E-state index in [1.165, 1.54) is 14.2 Å². The SMILES string of the molecule is CC[C@H](C)[C@@H]([C@@H](CC(=O)N1CCC[C@H]1[C@H](OC)[C@@H](C)C(=O)N[C@H](C(=O)OCc1ccccc1)[C@@H](C)c1ccccc1)OC)N(C)C(=O)[C@@H](NC(=O)[C@H](C(C)C)N(C)CCCC(=O)O)C(C)C. The summed E-state index contributed by atoms with van der Waals surface area (Å²) in [5, 5.41) is 15.2. The molecule has 0 unspecified atom stereocenters. The van der Waals surface area contributed by atoms with E-state index >= 15 is 0 Å². The molecule has 0 spiro atoms. The summed E-state index contributed by atoms with van der Waals surface area (Å²) < 4.78 is 17.9. The van der Waals surface area contributed by atoms with Gasteiger partial charge in [0.05, 0.1) is 42.7 Å². The second-order valence-electron chi connectivity index (χ2n) is 18.8. The second kappa shape index (κ2) is 27.1.